The van der Waals surface area contributed by atoms with Crippen molar-refractivity contribution in [3.8, 4) is 0 Å². The van der Waals surface area contributed by atoms with Gasteiger partial charge in [-0.05, 0) is 29.8 Å². The number of esters is 1. The van der Waals surface area contributed by atoms with Gasteiger partial charge in [0, 0.05) is 0 Å². The van der Waals surface area contributed by atoms with Gasteiger partial charge < -0.3 is 13.7 Å². The molecule has 0 aliphatic heterocycles. The van der Waals surface area contributed by atoms with Gasteiger partial charge in [-0.2, -0.15) is 0 Å². The zero-order chi connectivity index (χ0) is 16.9. The minimum atomic E-state index is -0.671. The van der Waals surface area contributed by atoms with Gasteiger partial charge in [0.1, 0.15) is 23.2 Å². The number of carbonyl (C=O) groups excluding carboxylic acids is 1. The topological polar surface area (TPSA) is 70.2 Å². The second-order valence-electron chi connectivity index (χ2n) is 4.89. The lowest BCUT2D eigenvalue weighted by molar-refractivity contribution is -0.140. The number of carbonyl (C=O) groups is 1. The van der Waals surface area contributed by atoms with Gasteiger partial charge in [-0.15, -0.1) is 10.2 Å². The highest BCUT2D eigenvalue weighted by molar-refractivity contribution is 8.00. The molecule has 1 aromatic carbocycles. The van der Waals surface area contributed by atoms with Crippen LogP contribution in [-0.4, -0.2) is 27.8 Å². The first-order valence-electron chi connectivity index (χ1n) is 7.07. The molecule has 0 saturated carbocycles. The van der Waals surface area contributed by atoms with Crippen LogP contribution in [-0.2, 0) is 16.1 Å². The van der Waals surface area contributed by atoms with E-state index < -0.39 is 11.2 Å². The maximum absolute atomic E-state index is 13.1. The Morgan fingerprint density at radius 2 is 2.17 bits per heavy atom. The molecule has 2 heterocycles. The molecule has 124 valence electrons. The maximum atomic E-state index is 13.1. The number of benzene rings is 1. The van der Waals surface area contributed by atoms with Crippen molar-refractivity contribution in [2.45, 2.75) is 17.0 Å². The Morgan fingerprint density at radius 1 is 1.38 bits per heavy atom. The summed E-state index contributed by atoms with van der Waals surface area (Å²) in [7, 11) is 1.31. The molecule has 0 radical (unpaired) electrons. The zero-order valence-electron chi connectivity index (χ0n) is 12.8. The van der Waals surface area contributed by atoms with Gasteiger partial charge >= 0.3 is 5.97 Å². The summed E-state index contributed by atoms with van der Waals surface area (Å²) in [4.78, 5) is 12.1. The van der Waals surface area contributed by atoms with Crippen molar-refractivity contribution in [1.82, 2.24) is 14.8 Å². The van der Waals surface area contributed by atoms with Gasteiger partial charge in [-0.1, -0.05) is 23.9 Å². The summed E-state index contributed by atoms with van der Waals surface area (Å²) in [5.74, 6) is -0.0689. The van der Waals surface area contributed by atoms with Crippen molar-refractivity contribution in [2.75, 3.05) is 7.11 Å². The molecular formula is C16H14FN3O3S. The quantitative estimate of drug-likeness (QED) is 0.504. The number of nitrogens with zero attached hydrogens (tertiary/aromatic N) is 3. The Hall–Kier alpha value is -2.61. The lowest BCUT2D eigenvalue weighted by atomic mass is 10.1. The fraction of sp³-hybridized carbons (Fsp3) is 0.188. The molecule has 2 aromatic heterocycles. The molecule has 6 nitrogen and oxygen atoms in total. The van der Waals surface area contributed by atoms with E-state index in [0.29, 0.717) is 17.3 Å². The largest absolute Gasteiger partial charge is 0.468 e. The molecule has 0 saturated heterocycles. The summed E-state index contributed by atoms with van der Waals surface area (Å²) in [5, 5.41) is 7.80. The van der Waals surface area contributed by atoms with Gasteiger partial charge in [0.05, 0.1) is 19.9 Å². The predicted octanol–water partition coefficient (Wildman–Crippen LogP) is 3.06. The monoisotopic (exact) mass is 347 g/mol. The highest BCUT2D eigenvalue weighted by atomic mass is 32.2. The Balaban J connectivity index is 1.84. The molecule has 0 bridgehead atoms. The van der Waals surface area contributed by atoms with E-state index in [1.54, 1.807) is 35.4 Å². The first-order valence-corrected chi connectivity index (χ1v) is 7.95. The molecule has 0 N–H and O–H groups in total. The zero-order valence-corrected chi connectivity index (χ0v) is 13.6. The summed E-state index contributed by atoms with van der Waals surface area (Å²) in [6.45, 7) is 0.444. The Kier molecular flexibility index (Phi) is 4.95. The Bertz CT molecular complexity index is 802. The summed E-state index contributed by atoms with van der Waals surface area (Å²) in [5.41, 5.74) is 0.626. The van der Waals surface area contributed by atoms with E-state index in [2.05, 4.69) is 10.2 Å². The van der Waals surface area contributed by atoms with Crippen LogP contribution < -0.4 is 0 Å². The number of hydrogen-bond acceptors (Lipinski definition) is 6. The van der Waals surface area contributed by atoms with E-state index >= 15 is 0 Å². The lowest BCUT2D eigenvalue weighted by Crippen LogP contribution is -2.12. The van der Waals surface area contributed by atoms with E-state index in [0.717, 1.165) is 5.76 Å². The normalized spacial score (nSPS) is 12.1. The second kappa shape index (κ2) is 7.31. The summed E-state index contributed by atoms with van der Waals surface area (Å²) in [6.07, 6.45) is 3.14. The highest BCUT2D eigenvalue weighted by Gasteiger charge is 2.25. The summed E-state index contributed by atoms with van der Waals surface area (Å²) >= 11 is 1.19. The third kappa shape index (κ3) is 3.65. The van der Waals surface area contributed by atoms with E-state index in [-0.39, 0.29) is 5.82 Å². The van der Waals surface area contributed by atoms with Crippen molar-refractivity contribution in [2.24, 2.45) is 0 Å². The van der Waals surface area contributed by atoms with Crippen LogP contribution in [0.4, 0.5) is 4.39 Å². The van der Waals surface area contributed by atoms with Crippen LogP contribution in [0.15, 0.2) is 58.6 Å². The minimum absolute atomic E-state index is 0.367. The lowest BCUT2D eigenvalue weighted by Gasteiger charge is -2.14. The van der Waals surface area contributed by atoms with Crippen LogP contribution in [0.25, 0.3) is 0 Å². The van der Waals surface area contributed by atoms with Crippen molar-refractivity contribution >= 4 is 17.7 Å². The molecule has 3 aromatic rings. The Labute approximate surface area is 141 Å². The smallest absolute Gasteiger partial charge is 0.323 e. The average Bonchev–Trinajstić information content (AvgIpc) is 3.25. The number of hydrogen-bond donors (Lipinski definition) is 0. The molecule has 0 aliphatic rings. The SMILES string of the molecule is COC(=O)[C@@H](Sc1nncn1Cc1ccco1)c1ccc(F)cc1. The number of halogens is 1. The van der Waals surface area contributed by atoms with Crippen molar-refractivity contribution in [3.05, 3.63) is 66.1 Å². The number of rotatable bonds is 6. The molecule has 0 amide bonds. The molecule has 0 fully saturated rings. The highest BCUT2D eigenvalue weighted by Crippen LogP contribution is 2.35. The van der Waals surface area contributed by atoms with E-state index in [9.17, 15) is 9.18 Å². The van der Waals surface area contributed by atoms with E-state index in [4.69, 9.17) is 9.15 Å². The molecule has 0 spiro atoms. The van der Waals surface area contributed by atoms with Gasteiger partial charge in [0.2, 0.25) is 0 Å². The van der Waals surface area contributed by atoms with Crippen LogP contribution in [0.3, 0.4) is 0 Å². The standard InChI is InChI=1S/C16H14FN3O3S/c1-22-15(21)14(11-4-6-12(17)7-5-11)24-16-19-18-10-20(16)9-13-3-2-8-23-13/h2-8,10,14H,9H2,1H3/t14-/m0/s1. The van der Waals surface area contributed by atoms with E-state index in [1.165, 1.54) is 31.0 Å². The molecule has 8 heteroatoms. The number of furan rings is 1. The van der Waals surface area contributed by atoms with Gasteiger partial charge in [-0.3, -0.25) is 4.79 Å². The van der Waals surface area contributed by atoms with Crippen LogP contribution in [0.2, 0.25) is 0 Å². The number of methoxy groups -OCH3 is 1. The van der Waals surface area contributed by atoms with Gasteiger partial charge in [-0.25, -0.2) is 4.39 Å². The van der Waals surface area contributed by atoms with Gasteiger partial charge in [0.15, 0.2) is 5.16 Å². The first-order chi connectivity index (χ1) is 11.7. The van der Waals surface area contributed by atoms with Gasteiger partial charge in [0.25, 0.3) is 0 Å². The molecule has 3 rings (SSSR count). The van der Waals surface area contributed by atoms with Crippen molar-refractivity contribution in [1.29, 1.82) is 0 Å². The third-order valence-electron chi connectivity index (χ3n) is 3.30. The van der Waals surface area contributed by atoms with E-state index in [1.807, 2.05) is 6.07 Å². The summed E-state index contributed by atoms with van der Waals surface area (Å²) < 4.78 is 25.1. The molecule has 0 unspecified atom stereocenters. The van der Waals surface area contributed by atoms with Crippen molar-refractivity contribution in [3.63, 3.8) is 0 Å². The fourth-order valence-corrected chi connectivity index (χ4v) is 3.15. The fourth-order valence-electron chi connectivity index (χ4n) is 2.12. The predicted molar refractivity (Wildman–Crippen MR) is 84.8 cm³/mol. The molecular weight excluding hydrogens is 333 g/mol. The average molecular weight is 347 g/mol. The molecule has 0 aliphatic carbocycles. The number of aromatic nitrogens is 3. The molecule has 24 heavy (non-hydrogen) atoms. The minimum Gasteiger partial charge on any atom is -0.468 e. The summed E-state index contributed by atoms with van der Waals surface area (Å²) in [6, 6.07) is 9.35. The number of thioether (sulfide) groups is 1. The maximum Gasteiger partial charge on any atom is 0.323 e. The van der Waals surface area contributed by atoms with Crippen LogP contribution in [0.5, 0.6) is 0 Å². The number of ether oxygens (including phenoxy) is 1. The van der Waals surface area contributed by atoms with Crippen LogP contribution >= 0.6 is 11.8 Å². The van der Waals surface area contributed by atoms with Crippen molar-refractivity contribution < 1.29 is 18.3 Å². The first kappa shape index (κ1) is 16.3. The van der Waals surface area contributed by atoms with Crippen LogP contribution in [0.1, 0.15) is 16.6 Å². The third-order valence-corrected chi connectivity index (χ3v) is 4.52. The second-order valence-corrected chi connectivity index (χ2v) is 5.97. The Morgan fingerprint density at radius 3 is 2.83 bits per heavy atom. The molecule has 1 atom stereocenters. The van der Waals surface area contributed by atoms with Crippen LogP contribution in [0, 0.1) is 5.82 Å².